The summed E-state index contributed by atoms with van der Waals surface area (Å²) in [7, 11) is -2.92. The average molecular weight is 826 g/mol. The minimum Gasteiger partial charge on any atom is -0.486 e. The third-order valence-electron chi connectivity index (χ3n) is 7.78. The summed E-state index contributed by atoms with van der Waals surface area (Å²) >= 11 is 44.6. The molecule has 1 aromatic carbocycles. The lowest BCUT2D eigenvalue weighted by Gasteiger charge is -2.43. The van der Waals surface area contributed by atoms with Gasteiger partial charge in [-0.25, -0.2) is 8.42 Å². The number of thioether (sulfide) groups is 1. The van der Waals surface area contributed by atoms with Gasteiger partial charge in [-0.05, 0) is 42.8 Å². The molecule has 248 valence electrons. The van der Waals surface area contributed by atoms with Gasteiger partial charge >= 0.3 is 0 Å². The summed E-state index contributed by atoms with van der Waals surface area (Å²) in [5.41, 5.74) is 2.49. The van der Waals surface area contributed by atoms with Gasteiger partial charge in [-0.15, -0.1) is 10.2 Å². The lowest BCUT2D eigenvalue weighted by atomic mass is 10.1. The number of nitrogens with zero attached hydrogens (tertiary/aromatic N) is 5. The summed E-state index contributed by atoms with van der Waals surface area (Å²) in [5, 5.41) is 9.35. The molecular weight excluding hydrogens is 795 g/mol. The molecule has 3 heterocycles. The highest BCUT2D eigenvalue weighted by atomic mass is 32.2. The van der Waals surface area contributed by atoms with Gasteiger partial charge in [0, 0.05) is 24.8 Å². The fourth-order valence-corrected chi connectivity index (χ4v) is 12.9. The number of thiol groups is 9. The molecule has 2 aliphatic rings. The van der Waals surface area contributed by atoms with E-state index in [1.54, 1.807) is 23.0 Å². The smallest absolute Gasteiger partial charge is 0.197 e. The van der Waals surface area contributed by atoms with Gasteiger partial charge in [0.05, 0.1) is 29.9 Å². The van der Waals surface area contributed by atoms with Crippen LogP contribution in [-0.4, -0.2) is 84.6 Å². The Morgan fingerprint density at radius 2 is 1.59 bits per heavy atom. The van der Waals surface area contributed by atoms with E-state index in [9.17, 15) is 8.42 Å². The average Bonchev–Trinajstić information content (AvgIpc) is 3.41. The van der Waals surface area contributed by atoms with Crippen LogP contribution in [0.1, 0.15) is 17.0 Å². The predicted molar refractivity (Wildman–Crippen MR) is 217 cm³/mol. The molecule has 1 saturated heterocycles. The molecule has 46 heavy (non-hydrogen) atoms. The minimum absolute atomic E-state index is 0.0797. The van der Waals surface area contributed by atoms with Crippen molar-refractivity contribution in [3.05, 3.63) is 59.7 Å². The number of hydrogen-bond donors (Lipinski definition) is 9. The van der Waals surface area contributed by atoms with Crippen LogP contribution in [0.5, 0.6) is 5.75 Å². The topological polar surface area (TPSA) is 90.2 Å². The van der Waals surface area contributed by atoms with Gasteiger partial charge in [0.1, 0.15) is 32.8 Å². The lowest BCUT2D eigenvalue weighted by molar-refractivity contribution is 0.292. The molecule has 1 aliphatic carbocycles. The number of hydrogen-bond acceptors (Lipinski definition) is 17. The van der Waals surface area contributed by atoms with E-state index in [4.69, 9.17) is 118 Å². The molecule has 0 N–H and O–H groups in total. The Labute approximate surface area is 323 Å². The third-order valence-corrected chi connectivity index (χ3v) is 20.5. The van der Waals surface area contributed by atoms with Crippen LogP contribution < -0.4 is 4.74 Å². The third kappa shape index (κ3) is 6.70. The second-order valence-corrected chi connectivity index (χ2v) is 22.1. The lowest BCUT2D eigenvalue weighted by Crippen LogP contribution is -2.49. The van der Waals surface area contributed by atoms with Crippen LogP contribution in [0, 0.1) is 18.8 Å². The van der Waals surface area contributed by atoms with E-state index in [-0.39, 0.29) is 18.1 Å². The molecule has 1 aliphatic heterocycles. The number of benzene rings is 1. The standard InChI is InChI=1S/C27H31N5O3S11/c1-17-14-20(7-6-18(17)4-3-9-31-10-12-46(33,34)13-11-31)35-16-21-29-30-22(32(21)19-5-2-8-28-15-19)45-27(44)25(40,41)23(36,37)24(38,39)26(27,42)43/h2,5-8,14-15,36-44H,9-13,16H2,1H3. The van der Waals surface area contributed by atoms with Gasteiger partial charge in [0.25, 0.3) is 0 Å². The minimum atomic E-state index is -2.92. The van der Waals surface area contributed by atoms with E-state index in [1.165, 1.54) is 11.8 Å². The molecule has 3 aromatic rings. The molecular formula is C27H31N5O3S11. The van der Waals surface area contributed by atoms with E-state index < -0.39 is 30.2 Å². The summed E-state index contributed by atoms with van der Waals surface area (Å²) < 4.78 is 24.6. The summed E-state index contributed by atoms with van der Waals surface area (Å²) in [6, 6.07) is 9.32. The van der Waals surface area contributed by atoms with Gasteiger partial charge in [-0.3, -0.25) is 14.5 Å². The maximum Gasteiger partial charge on any atom is 0.197 e. The first-order chi connectivity index (χ1) is 21.3. The van der Waals surface area contributed by atoms with Crippen molar-refractivity contribution in [1.29, 1.82) is 0 Å². The normalized spacial score (nSPS) is 22.1. The molecule has 8 nitrogen and oxygen atoms in total. The first kappa shape index (κ1) is 37.5. The van der Waals surface area contributed by atoms with Crippen molar-refractivity contribution in [2.75, 3.05) is 31.1 Å². The molecule has 1 saturated carbocycles. The highest BCUT2D eigenvalue weighted by Gasteiger charge is 2.81. The van der Waals surface area contributed by atoms with Crippen LogP contribution in [0.25, 0.3) is 5.69 Å². The van der Waals surface area contributed by atoms with E-state index >= 15 is 0 Å². The summed E-state index contributed by atoms with van der Waals surface area (Å²) in [4.78, 5) is 6.33. The SMILES string of the molecule is Cc1cc(OCc2nnc(SC3(S)C(S)(S)C(S)(S)C(S)(S)C3(S)S)n2-c2cccnc2)ccc1C#CCN1CCS(=O)(=O)CC1. The number of pyridine rings is 1. The van der Waals surface area contributed by atoms with E-state index in [0.717, 1.165) is 11.1 Å². The largest absolute Gasteiger partial charge is 0.486 e. The number of sulfone groups is 1. The summed E-state index contributed by atoms with van der Waals surface area (Å²) in [6.45, 7) is 3.56. The van der Waals surface area contributed by atoms with Crippen LogP contribution in [0.3, 0.4) is 0 Å². The van der Waals surface area contributed by atoms with Crippen LogP contribution in [0.15, 0.2) is 47.9 Å². The maximum atomic E-state index is 11.7. The van der Waals surface area contributed by atoms with E-state index in [2.05, 4.69) is 27.0 Å². The zero-order chi connectivity index (χ0) is 33.8. The number of aryl methyl sites for hydroxylation is 1. The van der Waals surface area contributed by atoms with Crippen LogP contribution >= 0.6 is 125 Å². The Bertz CT molecular complexity index is 1750. The molecule has 19 heteroatoms. The van der Waals surface area contributed by atoms with Gasteiger partial charge in [-0.2, -0.15) is 114 Å². The number of ether oxygens (including phenoxy) is 1. The second-order valence-electron chi connectivity index (χ2n) is 10.9. The van der Waals surface area contributed by atoms with Crippen molar-refractivity contribution in [1.82, 2.24) is 24.6 Å². The number of rotatable bonds is 7. The Hall–Kier alpha value is 0.280. The van der Waals surface area contributed by atoms with Crippen molar-refractivity contribution in [2.45, 2.75) is 39.1 Å². The van der Waals surface area contributed by atoms with Crippen molar-refractivity contribution >= 4 is 135 Å². The van der Waals surface area contributed by atoms with Crippen LogP contribution in [0.4, 0.5) is 0 Å². The highest BCUT2D eigenvalue weighted by Crippen LogP contribution is 2.78. The van der Waals surface area contributed by atoms with Crippen molar-refractivity contribution < 1.29 is 13.2 Å². The molecule has 2 aromatic heterocycles. The first-order valence-electron chi connectivity index (χ1n) is 13.5. The fraction of sp³-hybridized carbons (Fsp3) is 0.444. The maximum absolute atomic E-state index is 11.7. The molecule has 5 rings (SSSR count). The Morgan fingerprint density at radius 3 is 2.17 bits per heavy atom. The predicted octanol–water partition coefficient (Wildman–Crippen LogP) is 4.59. The quantitative estimate of drug-likeness (QED) is 0.0974. The molecule has 0 bridgehead atoms. The van der Waals surface area contributed by atoms with Crippen molar-refractivity contribution in [3.8, 4) is 23.3 Å². The zero-order valence-electron chi connectivity index (χ0n) is 24.1. The Morgan fingerprint density at radius 1 is 0.935 bits per heavy atom. The first-order valence-corrected chi connectivity index (χ1v) is 20.2. The molecule has 0 spiro atoms. The van der Waals surface area contributed by atoms with Gasteiger partial charge < -0.3 is 4.74 Å². The molecule has 2 fully saturated rings. The van der Waals surface area contributed by atoms with Crippen LogP contribution in [-0.2, 0) is 16.4 Å². The molecule has 0 atom stereocenters. The van der Waals surface area contributed by atoms with Gasteiger partial charge in [0.15, 0.2) is 20.8 Å². The Balaban J connectivity index is 1.37. The highest BCUT2D eigenvalue weighted by molar-refractivity contribution is 8.21. The van der Waals surface area contributed by atoms with E-state index in [0.29, 0.717) is 42.1 Å². The van der Waals surface area contributed by atoms with E-state index in [1.807, 2.05) is 36.1 Å². The van der Waals surface area contributed by atoms with Crippen LogP contribution in [0.2, 0.25) is 0 Å². The van der Waals surface area contributed by atoms with Crippen molar-refractivity contribution in [2.24, 2.45) is 0 Å². The summed E-state index contributed by atoms with van der Waals surface area (Å²) in [5.74, 6) is 7.83. The molecule has 0 amide bonds. The fourth-order valence-electron chi connectivity index (χ4n) is 4.85. The molecule has 0 radical (unpaired) electrons. The second kappa shape index (κ2) is 13.8. The van der Waals surface area contributed by atoms with Gasteiger partial charge in [-0.1, -0.05) is 23.6 Å². The summed E-state index contributed by atoms with van der Waals surface area (Å²) in [6.07, 6.45) is 3.35. The van der Waals surface area contributed by atoms with Gasteiger partial charge in [0.2, 0.25) is 0 Å². The Kier molecular flexibility index (Phi) is 11.2. The van der Waals surface area contributed by atoms with Crippen molar-refractivity contribution in [3.63, 3.8) is 0 Å². The monoisotopic (exact) mass is 825 g/mol. The number of aromatic nitrogens is 4. The zero-order valence-corrected chi connectivity index (χ0v) is 33.8. The molecule has 0 unspecified atom stereocenters.